The fraction of sp³-hybridized carbons (Fsp3) is 0.588. The predicted molar refractivity (Wildman–Crippen MR) is 84.3 cm³/mol. The summed E-state index contributed by atoms with van der Waals surface area (Å²) in [7, 11) is 0. The number of amides is 1. The van der Waals surface area contributed by atoms with Crippen LogP contribution in [0.15, 0.2) is 24.3 Å². The van der Waals surface area contributed by atoms with Gasteiger partial charge >= 0.3 is 0 Å². The Kier molecular flexibility index (Phi) is 4.27. The Hall–Kier alpha value is -1.39. The highest BCUT2D eigenvalue weighted by molar-refractivity contribution is 5.94. The van der Waals surface area contributed by atoms with Crippen molar-refractivity contribution in [1.82, 2.24) is 9.80 Å². The van der Waals surface area contributed by atoms with Gasteiger partial charge in [-0.25, -0.2) is 0 Å². The monoisotopic (exact) mass is 287 g/mol. The van der Waals surface area contributed by atoms with Crippen LogP contribution < -0.4 is 5.73 Å². The molecule has 2 saturated heterocycles. The molecule has 0 spiro atoms. The van der Waals surface area contributed by atoms with Crippen molar-refractivity contribution >= 4 is 5.91 Å². The summed E-state index contributed by atoms with van der Waals surface area (Å²) in [5.74, 6) is 0.174. The lowest BCUT2D eigenvalue weighted by Gasteiger charge is -2.42. The molecule has 0 radical (unpaired) electrons. The molecule has 0 bridgehead atoms. The van der Waals surface area contributed by atoms with Crippen LogP contribution in [0, 0.1) is 0 Å². The quantitative estimate of drug-likeness (QED) is 0.916. The number of carbonyl (C=O) groups is 1. The maximum atomic E-state index is 12.8. The van der Waals surface area contributed by atoms with Crippen LogP contribution in [0.25, 0.3) is 0 Å². The van der Waals surface area contributed by atoms with Crippen LogP contribution in [0.5, 0.6) is 0 Å². The summed E-state index contributed by atoms with van der Waals surface area (Å²) in [6.45, 7) is 5.87. The van der Waals surface area contributed by atoms with Crippen molar-refractivity contribution in [1.29, 1.82) is 0 Å². The van der Waals surface area contributed by atoms with Gasteiger partial charge in [0.2, 0.25) is 0 Å². The molecule has 1 aromatic carbocycles. The molecular weight excluding hydrogens is 262 g/mol. The minimum absolute atomic E-state index is 0.174. The second kappa shape index (κ2) is 6.16. The first-order valence-electron chi connectivity index (χ1n) is 8.03. The van der Waals surface area contributed by atoms with Gasteiger partial charge in [-0.3, -0.25) is 9.69 Å². The maximum Gasteiger partial charge on any atom is 0.254 e. The normalized spacial score (nSPS) is 25.9. The first-order chi connectivity index (χ1) is 10.2. The Balaban J connectivity index is 1.76. The van der Waals surface area contributed by atoms with E-state index in [1.54, 1.807) is 0 Å². The second-order valence-corrected chi connectivity index (χ2v) is 6.34. The molecule has 1 amide bonds. The van der Waals surface area contributed by atoms with E-state index in [0.717, 1.165) is 30.6 Å². The molecule has 2 aliphatic heterocycles. The van der Waals surface area contributed by atoms with Crippen LogP contribution in [0.4, 0.5) is 0 Å². The van der Waals surface area contributed by atoms with Gasteiger partial charge in [-0.1, -0.05) is 12.1 Å². The smallest absolute Gasteiger partial charge is 0.254 e. The van der Waals surface area contributed by atoms with Gasteiger partial charge in [0, 0.05) is 30.7 Å². The number of nitrogens with two attached hydrogens (primary N) is 1. The van der Waals surface area contributed by atoms with Crippen LogP contribution >= 0.6 is 0 Å². The van der Waals surface area contributed by atoms with Crippen LogP contribution in [-0.2, 0) is 6.42 Å². The van der Waals surface area contributed by atoms with E-state index in [-0.39, 0.29) is 5.91 Å². The molecule has 3 rings (SSSR count). The van der Waals surface area contributed by atoms with Gasteiger partial charge in [0.15, 0.2) is 0 Å². The lowest BCUT2D eigenvalue weighted by molar-refractivity contribution is 0.0395. The van der Waals surface area contributed by atoms with Gasteiger partial charge in [0.1, 0.15) is 0 Å². The summed E-state index contributed by atoms with van der Waals surface area (Å²) in [4.78, 5) is 17.4. The molecule has 1 aromatic rings. The largest absolute Gasteiger partial charge is 0.333 e. The Morgan fingerprint density at radius 1 is 1.38 bits per heavy atom. The van der Waals surface area contributed by atoms with Crippen molar-refractivity contribution in [3.63, 3.8) is 0 Å². The Bertz CT molecular complexity index is 517. The molecule has 2 N–H and O–H groups in total. The van der Waals surface area contributed by atoms with Crippen LogP contribution in [0.3, 0.4) is 0 Å². The van der Waals surface area contributed by atoms with E-state index in [2.05, 4.69) is 16.7 Å². The standard InChI is InChI=1S/C17H25N3O/c1-13-11-19-9-3-6-16(19)12-20(13)17(21)15-5-2-4-14(10-15)7-8-18/h2,4-5,10,13,16H,3,6-9,11-12,18H2,1H3. The number of benzene rings is 1. The van der Waals surface area contributed by atoms with Gasteiger partial charge in [-0.05, 0) is 57.0 Å². The lowest BCUT2D eigenvalue weighted by Crippen LogP contribution is -2.56. The first-order valence-corrected chi connectivity index (χ1v) is 8.03. The fourth-order valence-electron chi connectivity index (χ4n) is 3.66. The molecule has 2 unspecified atom stereocenters. The molecule has 2 aliphatic rings. The highest BCUT2D eigenvalue weighted by atomic mass is 16.2. The van der Waals surface area contributed by atoms with E-state index >= 15 is 0 Å². The summed E-state index contributed by atoms with van der Waals surface area (Å²) in [6, 6.07) is 8.80. The third-order valence-corrected chi connectivity index (χ3v) is 4.81. The summed E-state index contributed by atoms with van der Waals surface area (Å²) in [5.41, 5.74) is 7.56. The molecular formula is C17H25N3O. The highest BCUT2D eigenvalue weighted by Crippen LogP contribution is 2.25. The van der Waals surface area contributed by atoms with Crippen molar-refractivity contribution in [3.8, 4) is 0 Å². The van der Waals surface area contributed by atoms with Crippen molar-refractivity contribution in [2.24, 2.45) is 5.73 Å². The van der Waals surface area contributed by atoms with Crippen LogP contribution in [0.1, 0.15) is 35.7 Å². The van der Waals surface area contributed by atoms with Crippen LogP contribution in [-0.4, -0.2) is 54.0 Å². The number of hydrogen-bond donors (Lipinski definition) is 1. The zero-order chi connectivity index (χ0) is 14.8. The third-order valence-electron chi connectivity index (χ3n) is 4.81. The molecule has 2 heterocycles. The van der Waals surface area contributed by atoms with Crippen molar-refractivity contribution in [2.45, 2.75) is 38.3 Å². The maximum absolute atomic E-state index is 12.8. The summed E-state index contributed by atoms with van der Waals surface area (Å²) in [5, 5.41) is 0. The summed E-state index contributed by atoms with van der Waals surface area (Å²) in [6.07, 6.45) is 3.32. The topological polar surface area (TPSA) is 49.6 Å². The van der Waals surface area contributed by atoms with Gasteiger partial charge in [-0.2, -0.15) is 0 Å². The Morgan fingerprint density at radius 3 is 3.05 bits per heavy atom. The van der Waals surface area contributed by atoms with Gasteiger partial charge in [0.25, 0.3) is 5.91 Å². The minimum Gasteiger partial charge on any atom is -0.333 e. The highest BCUT2D eigenvalue weighted by Gasteiger charge is 2.36. The molecule has 0 saturated carbocycles. The molecule has 2 atom stereocenters. The average molecular weight is 287 g/mol. The third kappa shape index (κ3) is 2.97. The molecule has 4 heteroatoms. The van der Waals surface area contributed by atoms with Crippen molar-refractivity contribution in [2.75, 3.05) is 26.2 Å². The number of carbonyl (C=O) groups excluding carboxylic acids is 1. The van der Waals surface area contributed by atoms with E-state index < -0.39 is 0 Å². The number of hydrogen-bond acceptors (Lipinski definition) is 3. The predicted octanol–water partition coefficient (Wildman–Crippen LogP) is 1.50. The Morgan fingerprint density at radius 2 is 2.24 bits per heavy atom. The second-order valence-electron chi connectivity index (χ2n) is 6.34. The number of rotatable bonds is 3. The van der Waals surface area contributed by atoms with E-state index in [0.29, 0.717) is 18.6 Å². The zero-order valence-corrected chi connectivity index (χ0v) is 12.8. The molecule has 2 fully saturated rings. The molecule has 0 aliphatic carbocycles. The minimum atomic E-state index is 0.174. The van der Waals surface area contributed by atoms with Crippen molar-refractivity contribution < 1.29 is 4.79 Å². The Labute approximate surface area is 126 Å². The first kappa shape index (κ1) is 14.5. The average Bonchev–Trinajstić information content (AvgIpc) is 2.93. The molecule has 4 nitrogen and oxygen atoms in total. The summed E-state index contributed by atoms with van der Waals surface area (Å²) < 4.78 is 0. The van der Waals surface area contributed by atoms with E-state index in [1.807, 2.05) is 24.3 Å². The van der Waals surface area contributed by atoms with Crippen molar-refractivity contribution in [3.05, 3.63) is 35.4 Å². The van der Waals surface area contributed by atoms with E-state index in [9.17, 15) is 4.79 Å². The molecule has 114 valence electrons. The SMILES string of the molecule is CC1CN2CCCC2CN1C(=O)c1cccc(CCN)c1. The number of piperazine rings is 1. The van der Waals surface area contributed by atoms with Gasteiger partial charge in [-0.15, -0.1) is 0 Å². The van der Waals surface area contributed by atoms with E-state index in [4.69, 9.17) is 5.73 Å². The summed E-state index contributed by atoms with van der Waals surface area (Å²) >= 11 is 0. The zero-order valence-electron chi connectivity index (χ0n) is 12.8. The van der Waals surface area contributed by atoms with Gasteiger partial charge < -0.3 is 10.6 Å². The van der Waals surface area contributed by atoms with E-state index in [1.165, 1.54) is 19.4 Å². The molecule has 21 heavy (non-hydrogen) atoms. The van der Waals surface area contributed by atoms with Gasteiger partial charge in [0.05, 0.1) is 0 Å². The number of fused-ring (bicyclic) bond motifs is 1. The molecule has 0 aromatic heterocycles. The van der Waals surface area contributed by atoms with Crippen LogP contribution in [0.2, 0.25) is 0 Å². The fourth-order valence-corrected chi connectivity index (χ4v) is 3.66. The number of nitrogens with zero attached hydrogens (tertiary/aromatic N) is 2. The lowest BCUT2D eigenvalue weighted by atomic mass is 10.0.